The molecule has 0 aromatic carbocycles. The number of Topliss-reactive ketones (excluding diaryl/α,β-unsaturated/α-hetero) is 1. The van der Waals surface area contributed by atoms with Crippen LogP contribution in [0.3, 0.4) is 0 Å². The number of pyridine rings is 2. The first-order valence-corrected chi connectivity index (χ1v) is 8.55. The van der Waals surface area contributed by atoms with Gasteiger partial charge in [0.25, 0.3) is 0 Å². The van der Waals surface area contributed by atoms with Gasteiger partial charge in [0.1, 0.15) is 11.5 Å². The van der Waals surface area contributed by atoms with E-state index in [0.29, 0.717) is 6.42 Å². The summed E-state index contributed by atoms with van der Waals surface area (Å²) in [4.78, 5) is 21.6. The van der Waals surface area contributed by atoms with Crippen LogP contribution in [0.25, 0.3) is 22.3 Å². The topological polar surface area (TPSA) is 85.6 Å². The number of aromatic nitrogens is 5. The predicted octanol–water partition coefficient (Wildman–Crippen LogP) is 1.54. The van der Waals surface area contributed by atoms with Gasteiger partial charge < -0.3 is 5.32 Å². The number of carbonyl (C=O) groups excluding carboxylic acids is 1. The van der Waals surface area contributed by atoms with Crippen LogP contribution in [-0.2, 0) is 18.3 Å². The Morgan fingerprint density at radius 2 is 2.28 bits per heavy atom. The molecule has 0 amide bonds. The molecule has 7 heteroatoms. The van der Waals surface area contributed by atoms with Crippen LogP contribution in [0.2, 0.25) is 0 Å². The van der Waals surface area contributed by atoms with Crippen LogP contribution in [-0.4, -0.2) is 43.8 Å². The first-order valence-electron chi connectivity index (χ1n) is 8.55. The lowest BCUT2D eigenvalue weighted by molar-refractivity contribution is -0.122. The van der Waals surface area contributed by atoms with Gasteiger partial charge in [-0.15, -0.1) is 5.10 Å². The number of hydrogen-bond acceptors (Lipinski definition) is 6. The Balaban J connectivity index is 1.59. The normalized spacial score (nSPS) is 17.7. The van der Waals surface area contributed by atoms with Crippen molar-refractivity contribution in [2.24, 2.45) is 13.0 Å². The fourth-order valence-electron chi connectivity index (χ4n) is 3.21. The molecule has 1 fully saturated rings. The van der Waals surface area contributed by atoms with Gasteiger partial charge >= 0.3 is 0 Å². The zero-order valence-corrected chi connectivity index (χ0v) is 14.1. The number of nitrogens with one attached hydrogen (secondary N) is 1. The Morgan fingerprint density at radius 1 is 1.36 bits per heavy atom. The van der Waals surface area contributed by atoms with E-state index in [1.165, 1.54) is 0 Å². The minimum Gasteiger partial charge on any atom is -0.316 e. The summed E-state index contributed by atoms with van der Waals surface area (Å²) < 4.78 is 1.65. The third-order valence-electron chi connectivity index (χ3n) is 4.60. The Labute approximate surface area is 145 Å². The van der Waals surface area contributed by atoms with Gasteiger partial charge in [-0.05, 0) is 37.6 Å². The van der Waals surface area contributed by atoms with Gasteiger partial charge in [0, 0.05) is 43.2 Å². The molecule has 0 saturated carbocycles. The first kappa shape index (κ1) is 15.8. The van der Waals surface area contributed by atoms with Crippen LogP contribution in [0.4, 0.5) is 0 Å². The summed E-state index contributed by atoms with van der Waals surface area (Å²) >= 11 is 0. The van der Waals surface area contributed by atoms with Crippen LogP contribution in [0.1, 0.15) is 18.5 Å². The molecule has 25 heavy (non-hydrogen) atoms. The molecule has 0 bridgehead atoms. The summed E-state index contributed by atoms with van der Waals surface area (Å²) in [6.45, 7) is 1.79. The van der Waals surface area contributed by atoms with Crippen molar-refractivity contribution in [1.82, 2.24) is 30.3 Å². The van der Waals surface area contributed by atoms with E-state index in [1.54, 1.807) is 10.9 Å². The lowest BCUT2D eigenvalue weighted by Gasteiger charge is -2.21. The number of aryl methyl sites for hydroxylation is 1. The van der Waals surface area contributed by atoms with Crippen LogP contribution >= 0.6 is 0 Å². The second-order valence-electron chi connectivity index (χ2n) is 6.53. The number of rotatable bonds is 4. The van der Waals surface area contributed by atoms with Crippen molar-refractivity contribution in [3.8, 4) is 11.4 Å². The number of carbonyl (C=O) groups is 1. The van der Waals surface area contributed by atoms with Crippen LogP contribution in [0.15, 0.2) is 30.6 Å². The minimum atomic E-state index is 0.102. The number of nitrogens with zero attached hydrogens (tertiary/aromatic N) is 5. The third kappa shape index (κ3) is 3.41. The third-order valence-corrected chi connectivity index (χ3v) is 4.60. The van der Waals surface area contributed by atoms with E-state index in [0.717, 1.165) is 53.9 Å². The maximum Gasteiger partial charge on any atom is 0.143 e. The van der Waals surface area contributed by atoms with E-state index in [-0.39, 0.29) is 11.7 Å². The molecule has 1 N–H and O–H groups in total. The van der Waals surface area contributed by atoms with Crippen molar-refractivity contribution in [2.75, 3.05) is 13.1 Å². The molecule has 4 heterocycles. The Kier molecular flexibility index (Phi) is 4.23. The van der Waals surface area contributed by atoms with E-state index in [2.05, 4.69) is 25.6 Å². The molecule has 1 atom stereocenters. The highest BCUT2D eigenvalue weighted by Gasteiger charge is 2.21. The van der Waals surface area contributed by atoms with Gasteiger partial charge in [-0.2, -0.15) is 0 Å². The van der Waals surface area contributed by atoms with Crippen molar-refractivity contribution in [1.29, 1.82) is 0 Å². The average Bonchev–Trinajstić information content (AvgIpc) is 3.08. The van der Waals surface area contributed by atoms with Gasteiger partial charge in [-0.1, -0.05) is 5.21 Å². The van der Waals surface area contributed by atoms with Crippen LogP contribution in [0.5, 0.6) is 0 Å². The summed E-state index contributed by atoms with van der Waals surface area (Å²) in [7, 11) is 1.82. The second kappa shape index (κ2) is 6.68. The molecule has 3 aromatic rings. The molecule has 128 valence electrons. The fourth-order valence-corrected chi connectivity index (χ4v) is 3.21. The summed E-state index contributed by atoms with van der Waals surface area (Å²) in [5.74, 6) is 0.356. The molecule has 0 aliphatic carbocycles. The predicted molar refractivity (Wildman–Crippen MR) is 93.8 cm³/mol. The highest BCUT2D eigenvalue weighted by Crippen LogP contribution is 2.20. The van der Waals surface area contributed by atoms with E-state index in [1.807, 2.05) is 31.4 Å². The molecule has 7 nitrogen and oxygen atoms in total. The van der Waals surface area contributed by atoms with Gasteiger partial charge in [-0.3, -0.25) is 14.5 Å². The molecule has 4 rings (SSSR count). The minimum absolute atomic E-state index is 0.102. The standard InChI is InChI=1S/C18H20N6O/c1-24-11-17(22-23-24)15-5-4-12-10-20-14(7-16(12)21-15)8-18(25)13-3-2-6-19-9-13/h4-5,7,10-11,13,19H,2-3,6,8-9H2,1H3/t13-/m1/s1. The van der Waals surface area contributed by atoms with Gasteiger partial charge in [-0.25, -0.2) is 4.98 Å². The summed E-state index contributed by atoms with van der Waals surface area (Å²) in [5, 5.41) is 12.3. The van der Waals surface area contributed by atoms with Crippen molar-refractivity contribution in [3.05, 3.63) is 36.3 Å². The summed E-state index contributed by atoms with van der Waals surface area (Å²) in [5.41, 5.74) is 3.09. The Morgan fingerprint density at radius 3 is 3.04 bits per heavy atom. The van der Waals surface area contributed by atoms with Crippen molar-refractivity contribution < 1.29 is 4.79 Å². The number of fused-ring (bicyclic) bond motifs is 1. The molecular weight excluding hydrogens is 316 g/mol. The SMILES string of the molecule is Cn1cc(-c2ccc3cnc(CC(=O)[C@@H]4CCCNC4)cc3n2)nn1. The molecule has 1 aliphatic heterocycles. The monoisotopic (exact) mass is 336 g/mol. The van der Waals surface area contributed by atoms with Gasteiger partial charge in [0.05, 0.1) is 17.4 Å². The molecule has 0 radical (unpaired) electrons. The van der Waals surface area contributed by atoms with Crippen molar-refractivity contribution in [2.45, 2.75) is 19.3 Å². The molecule has 1 saturated heterocycles. The molecule has 0 unspecified atom stereocenters. The van der Waals surface area contributed by atoms with Gasteiger partial charge in [0.2, 0.25) is 0 Å². The maximum absolute atomic E-state index is 12.5. The van der Waals surface area contributed by atoms with Crippen LogP contribution in [0, 0.1) is 5.92 Å². The van der Waals surface area contributed by atoms with E-state index >= 15 is 0 Å². The largest absolute Gasteiger partial charge is 0.316 e. The van der Waals surface area contributed by atoms with Crippen molar-refractivity contribution >= 4 is 16.7 Å². The van der Waals surface area contributed by atoms with Crippen molar-refractivity contribution in [3.63, 3.8) is 0 Å². The lowest BCUT2D eigenvalue weighted by atomic mass is 9.92. The number of hydrogen-bond donors (Lipinski definition) is 1. The molecule has 1 aliphatic rings. The zero-order chi connectivity index (χ0) is 17.2. The fraction of sp³-hybridized carbons (Fsp3) is 0.389. The van der Waals surface area contributed by atoms with Crippen LogP contribution < -0.4 is 5.32 Å². The molecule has 3 aromatic heterocycles. The smallest absolute Gasteiger partial charge is 0.143 e. The number of piperidine rings is 1. The average molecular weight is 336 g/mol. The first-order chi connectivity index (χ1) is 12.2. The lowest BCUT2D eigenvalue weighted by Crippen LogP contribution is -2.35. The Bertz CT molecular complexity index is 913. The molecule has 0 spiro atoms. The Hall–Kier alpha value is -2.67. The zero-order valence-electron chi connectivity index (χ0n) is 14.1. The summed E-state index contributed by atoms with van der Waals surface area (Å²) in [6, 6.07) is 5.78. The maximum atomic E-state index is 12.5. The van der Waals surface area contributed by atoms with E-state index < -0.39 is 0 Å². The van der Waals surface area contributed by atoms with Gasteiger partial charge in [0.15, 0.2) is 0 Å². The summed E-state index contributed by atoms with van der Waals surface area (Å²) in [6.07, 6.45) is 6.00. The second-order valence-corrected chi connectivity index (χ2v) is 6.53. The number of ketones is 1. The van der Waals surface area contributed by atoms with E-state index in [4.69, 9.17) is 0 Å². The molecular formula is C18H20N6O. The highest BCUT2D eigenvalue weighted by molar-refractivity contribution is 5.85. The highest BCUT2D eigenvalue weighted by atomic mass is 16.1. The quantitative estimate of drug-likeness (QED) is 0.778. The van der Waals surface area contributed by atoms with E-state index in [9.17, 15) is 4.79 Å².